The molecule has 5 nitrogen and oxygen atoms in total. The van der Waals surface area contributed by atoms with Crippen LogP contribution in [0, 0.1) is 5.41 Å². The number of rotatable bonds is 6. The molecule has 23 heavy (non-hydrogen) atoms. The standard InChI is InChI=1S/C15H22Cl2N2O3S/c1-5-19(9-14(20)18-10-15(2,3)4)23(21,22)13-8-11(16)6-7-12(13)17/h6-8H,5,9-10H2,1-4H3,(H,18,20). The van der Waals surface area contributed by atoms with Crippen LogP contribution in [0.25, 0.3) is 0 Å². The van der Waals surface area contributed by atoms with Gasteiger partial charge >= 0.3 is 0 Å². The monoisotopic (exact) mass is 380 g/mol. The van der Waals surface area contributed by atoms with Crippen molar-refractivity contribution in [3.8, 4) is 0 Å². The van der Waals surface area contributed by atoms with Gasteiger partial charge in [-0.3, -0.25) is 4.79 Å². The number of carbonyl (C=O) groups excluding carboxylic acids is 1. The van der Waals surface area contributed by atoms with Gasteiger partial charge in [0.1, 0.15) is 4.90 Å². The van der Waals surface area contributed by atoms with Crippen LogP contribution in [0.15, 0.2) is 23.1 Å². The Hall–Kier alpha value is -0.820. The molecule has 0 saturated carbocycles. The first-order chi connectivity index (χ1) is 10.5. The fourth-order valence-corrected chi connectivity index (χ4v) is 3.90. The van der Waals surface area contributed by atoms with Crippen LogP contribution >= 0.6 is 23.2 Å². The highest BCUT2D eigenvalue weighted by atomic mass is 35.5. The third kappa shape index (κ3) is 5.95. The number of benzene rings is 1. The molecule has 0 fully saturated rings. The Kier molecular flexibility index (Phi) is 6.89. The molecule has 0 bridgehead atoms. The maximum Gasteiger partial charge on any atom is 0.245 e. The SMILES string of the molecule is CCN(CC(=O)NCC(C)(C)C)S(=O)(=O)c1cc(Cl)ccc1Cl. The Bertz CT molecular complexity index is 670. The Morgan fingerprint density at radius 2 is 1.87 bits per heavy atom. The summed E-state index contributed by atoms with van der Waals surface area (Å²) in [6.45, 7) is 7.94. The summed E-state index contributed by atoms with van der Waals surface area (Å²) in [6, 6.07) is 4.22. The quantitative estimate of drug-likeness (QED) is 0.823. The molecule has 0 aromatic heterocycles. The van der Waals surface area contributed by atoms with Crippen LogP contribution in [0.3, 0.4) is 0 Å². The van der Waals surface area contributed by atoms with E-state index < -0.39 is 10.0 Å². The minimum atomic E-state index is -3.90. The van der Waals surface area contributed by atoms with E-state index in [1.807, 2.05) is 20.8 Å². The smallest absolute Gasteiger partial charge is 0.245 e. The number of halogens is 2. The van der Waals surface area contributed by atoms with Gasteiger partial charge in [-0.05, 0) is 23.6 Å². The number of hydrogen-bond donors (Lipinski definition) is 1. The molecule has 0 heterocycles. The second-order valence-corrected chi connectivity index (χ2v) is 9.09. The lowest BCUT2D eigenvalue weighted by Crippen LogP contribution is -2.42. The maximum absolute atomic E-state index is 12.7. The highest BCUT2D eigenvalue weighted by Crippen LogP contribution is 2.27. The highest BCUT2D eigenvalue weighted by molar-refractivity contribution is 7.89. The molecule has 0 aliphatic rings. The van der Waals surface area contributed by atoms with E-state index in [2.05, 4.69) is 5.32 Å². The molecule has 1 amide bonds. The normalized spacial score (nSPS) is 12.5. The van der Waals surface area contributed by atoms with Gasteiger partial charge in [0.05, 0.1) is 11.6 Å². The molecule has 1 aromatic rings. The third-order valence-corrected chi connectivity index (χ3v) is 5.64. The molecule has 0 saturated heterocycles. The van der Waals surface area contributed by atoms with Gasteiger partial charge in [-0.15, -0.1) is 0 Å². The van der Waals surface area contributed by atoms with Gasteiger partial charge in [-0.25, -0.2) is 8.42 Å². The molecule has 8 heteroatoms. The summed E-state index contributed by atoms with van der Waals surface area (Å²) >= 11 is 11.8. The van der Waals surface area contributed by atoms with Gasteiger partial charge < -0.3 is 5.32 Å². The Morgan fingerprint density at radius 3 is 2.39 bits per heavy atom. The summed E-state index contributed by atoms with van der Waals surface area (Å²) in [7, 11) is -3.90. The van der Waals surface area contributed by atoms with E-state index in [1.54, 1.807) is 6.92 Å². The minimum absolute atomic E-state index is 0.0722. The third-order valence-electron chi connectivity index (χ3n) is 3.00. The summed E-state index contributed by atoms with van der Waals surface area (Å²) in [4.78, 5) is 11.9. The van der Waals surface area contributed by atoms with E-state index in [0.29, 0.717) is 6.54 Å². The van der Waals surface area contributed by atoms with Crippen molar-refractivity contribution < 1.29 is 13.2 Å². The van der Waals surface area contributed by atoms with E-state index in [0.717, 1.165) is 4.31 Å². The summed E-state index contributed by atoms with van der Waals surface area (Å²) < 4.78 is 26.4. The van der Waals surface area contributed by atoms with E-state index in [4.69, 9.17) is 23.2 Å². The maximum atomic E-state index is 12.7. The average Bonchev–Trinajstić information content (AvgIpc) is 2.44. The van der Waals surface area contributed by atoms with Crippen LogP contribution in [0.4, 0.5) is 0 Å². The van der Waals surface area contributed by atoms with Gasteiger partial charge in [0.15, 0.2) is 0 Å². The van der Waals surface area contributed by atoms with Crippen LogP contribution in [0.1, 0.15) is 27.7 Å². The van der Waals surface area contributed by atoms with Crippen LogP contribution < -0.4 is 5.32 Å². The average molecular weight is 381 g/mol. The van der Waals surface area contributed by atoms with Crippen molar-refractivity contribution >= 4 is 39.1 Å². The first-order valence-corrected chi connectivity index (χ1v) is 9.39. The lowest BCUT2D eigenvalue weighted by Gasteiger charge is -2.23. The lowest BCUT2D eigenvalue weighted by molar-refractivity contribution is -0.121. The van der Waals surface area contributed by atoms with Crippen molar-refractivity contribution in [2.24, 2.45) is 5.41 Å². The van der Waals surface area contributed by atoms with E-state index in [1.165, 1.54) is 18.2 Å². The van der Waals surface area contributed by atoms with E-state index in [-0.39, 0.29) is 39.4 Å². The Labute approximate surface area is 148 Å². The molecule has 0 aliphatic carbocycles. The molecule has 0 spiro atoms. The summed E-state index contributed by atoms with van der Waals surface area (Å²) in [5.74, 6) is -0.358. The molecule has 1 rings (SSSR count). The van der Waals surface area contributed by atoms with E-state index in [9.17, 15) is 13.2 Å². The topological polar surface area (TPSA) is 66.5 Å². The van der Waals surface area contributed by atoms with Crippen LogP contribution in [-0.4, -0.2) is 38.3 Å². The highest BCUT2D eigenvalue weighted by Gasteiger charge is 2.28. The summed E-state index contributed by atoms with van der Waals surface area (Å²) in [6.07, 6.45) is 0. The second-order valence-electron chi connectivity index (χ2n) is 6.34. The van der Waals surface area contributed by atoms with E-state index >= 15 is 0 Å². The molecule has 130 valence electrons. The van der Waals surface area contributed by atoms with Crippen molar-refractivity contribution in [2.45, 2.75) is 32.6 Å². The van der Waals surface area contributed by atoms with Crippen molar-refractivity contribution in [1.29, 1.82) is 0 Å². The number of amides is 1. The van der Waals surface area contributed by atoms with Crippen molar-refractivity contribution in [2.75, 3.05) is 19.6 Å². The van der Waals surface area contributed by atoms with Gasteiger partial charge in [0.25, 0.3) is 0 Å². The van der Waals surface area contributed by atoms with Crippen LogP contribution in [0.5, 0.6) is 0 Å². The minimum Gasteiger partial charge on any atom is -0.354 e. The first kappa shape index (κ1) is 20.2. The number of hydrogen-bond acceptors (Lipinski definition) is 3. The summed E-state index contributed by atoms with van der Waals surface area (Å²) in [5, 5.41) is 3.07. The molecule has 0 unspecified atom stereocenters. The summed E-state index contributed by atoms with van der Waals surface area (Å²) in [5.41, 5.74) is -0.0815. The molecular formula is C15H22Cl2N2O3S. The van der Waals surface area contributed by atoms with Gasteiger partial charge in [-0.2, -0.15) is 4.31 Å². The van der Waals surface area contributed by atoms with Crippen molar-refractivity contribution in [1.82, 2.24) is 9.62 Å². The van der Waals surface area contributed by atoms with Gasteiger partial charge in [0.2, 0.25) is 15.9 Å². The van der Waals surface area contributed by atoms with Gasteiger partial charge in [0, 0.05) is 18.1 Å². The number of likely N-dealkylation sites (N-methyl/N-ethyl adjacent to an activating group) is 1. The number of sulfonamides is 1. The predicted octanol–water partition coefficient (Wildman–Crippen LogP) is 3.17. The van der Waals surface area contributed by atoms with Crippen LogP contribution in [-0.2, 0) is 14.8 Å². The Balaban J connectivity index is 2.95. The lowest BCUT2D eigenvalue weighted by atomic mass is 9.97. The zero-order chi connectivity index (χ0) is 17.8. The fourth-order valence-electron chi connectivity index (χ4n) is 1.76. The molecule has 0 aliphatic heterocycles. The largest absolute Gasteiger partial charge is 0.354 e. The van der Waals surface area contributed by atoms with Crippen molar-refractivity contribution in [3.05, 3.63) is 28.2 Å². The molecule has 0 radical (unpaired) electrons. The zero-order valence-corrected chi connectivity index (χ0v) is 16.0. The predicted molar refractivity (Wildman–Crippen MR) is 93.4 cm³/mol. The number of carbonyl (C=O) groups is 1. The molecular weight excluding hydrogens is 359 g/mol. The Morgan fingerprint density at radius 1 is 1.26 bits per heavy atom. The first-order valence-electron chi connectivity index (χ1n) is 7.19. The second kappa shape index (κ2) is 7.83. The number of nitrogens with one attached hydrogen (secondary N) is 1. The van der Waals surface area contributed by atoms with Crippen molar-refractivity contribution in [3.63, 3.8) is 0 Å². The molecule has 0 atom stereocenters. The zero-order valence-electron chi connectivity index (χ0n) is 13.7. The molecule has 1 aromatic carbocycles. The van der Waals surface area contributed by atoms with Crippen LogP contribution in [0.2, 0.25) is 10.0 Å². The molecule has 1 N–H and O–H groups in total. The van der Waals surface area contributed by atoms with Gasteiger partial charge in [-0.1, -0.05) is 50.9 Å². The fraction of sp³-hybridized carbons (Fsp3) is 0.533. The number of nitrogens with zero attached hydrogens (tertiary/aromatic N) is 1.